The number of hydrogen-bond acceptors (Lipinski definition) is 4. The summed E-state index contributed by atoms with van der Waals surface area (Å²) >= 11 is 1.89. The van der Waals surface area contributed by atoms with Crippen molar-refractivity contribution in [2.75, 3.05) is 19.7 Å². The molecule has 1 heterocycles. The molecule has 1 N–H and O–H groups in total. The molecule has 1 unspecified atom stereocenters. The van der Waals surface area contributed by atoms with Crippen LogP contribution in [-0.2, 0) is 0 Å². The minimum Gasteiger partial charge on any atom is -0.494 e. The first-order chi connectivity index (χ1) is 9.74. The molecule has 3 nitrogen and oxygen atoms in total. The van der Waals surface area contributed by atoms with E-state index < -0.39 is 0 Å². The van der Waals surface area contributed by atoms with E-state index in [-0.39, 0.29) is 0 Å². The van der Waals surface area contributed by atoms with E-state index in [9.17, 15) is 0 Å². The molecule has 0 fully saturated rings. The van der Waals surface area contributed by atoms with Crippen molar-refractivity contribution in [1.29, 1.82) is 0 Å². The molecule has 0 radical (unpaired) electrons. The van der Waals surface area contributed by atoms with Crippen molar-refractivity contribution in [2.24, 2.45) is 10.9 Å². The van der Waals surface area contributed by atoms with Crippen LogP contribution < -0.4 is 10.1 Å². The van der Waals surface area contributed by atoms with Gasteiger partial charge in [-0.2, -0.15) is 0 Å². The number of para-hydroxylation sites is 1. The highest BCUT2D eigenvalue weighted by Gasteiger charge is 2.19. The quantitative estimate of drug-likeness (QED) is 0.780. The highest BCUT2D eigenvalue weighted by atomic mass is 32.2. The SMILES string of the molecule is CC(C)CC1CN=C(NCCCOc2ccccc2)S1. The molecule has 0 saturated carbocycles. The number of thioether (sulfide) groups is 1. The lowest BCUT2D eigenvalue weighted by Crippen LogP contribution is -2.22. The zero-order valence-electron chi connectivity index (χ0n) is 12.3. The zero-order chi connectivity index (χ0) is 14.2. The molecule has 0 bridgehead atoms. The predicted molar refractivity (Wildman–Crippen MR) is 87.7 cm³/mol. The first-order valence-electron chi connectivity index (χ1n) is 7.37. The summed E-state index contributed by atoms with van der Waals surface area (Å²) in [5, 5.41) is 5.18. The second kappa shape index (κ2) is 8.20. The van der Waals surface area contributed by atoms with E-state index in [4.69, 9.17) is 4.74 Å². The molecule has 0 saturated heterocycles. The zero-order valence-corrected chi connectivity index (χ0v) is 13.2. The Morgan fingerprint density at radius 1 is 1.35 bits per heavy atom. The highest BCUT2D eigenvalue weighted by Crippen LogP contribution is 2.25. The maximum absolute atomic E-state index is 5.66. The standard InChI is InChI=1S/C16H24N2OS/c1-13(2)11-15-12-18-16(20-15)17-9-6-10-19-14-7-4-3-5-8-14/h3-5,7-8,13,15H,6,9-12H2,1-2H3,(H,17,18). The molecule has 0 amide bonds. The fourth-order valence-corrected chi connectivity index (χ4v) is 3.42. The van der Waals surface area contributed by atoms with Gasteiger partial charge in [-0.1, -0.05) is 43.8 Å². The van der Waals surface area contributed by atoms with Crippen LogP contribution in [0.3, 0.4) is 0 Å². The van der Waals surface area contributed by atoms with E-state index in [0.717, 1.165) is 43.0 Å². The van der Waals surface area contributed by atoms with Gasteiger partial charge in [0.1, 0.15) is 5.75 Å². The van der Waals surface area contributed by atoms with Crippen molar-refractivity contribution in [1.82, 2.24) is 5.32 Å². The third kappa shape index (κ3) is 5.45. The number of amidine groups is 1. The van der Waals surface area contributed by atoms with Crippen LogP contribution in [0.25, 0.3) is 0 Å². The lowest BCUT2D eigenvalue weighted by molar-refractivity contribution is 0.311. The van der Waals surface area contributed by atoms with Gasteiger partial charge in [-0.25, -0.2) is 0 Å². The van der Waals surface area contributed by atoms with Gasteiger partial charge in [0.05, 0.1) is 13.2 Å². The minimum atomic E-state index is 0.665. The van der Waals surface area contributed by atoms with Gasteiger partial charge in [0.2, 0.25) is 0 Å². The molecule has 1 aromatic carbocycles. The number of benzene rings is 1. The normalized spacial score (nSPS) is 18.1. The summed E-state index contributed by atoms with van der Waals surface area (Å²) in [6.45, 7) is 7.17. The third-order valence-electron chi connectivity index (χ3n) is 3.06. The molecule has 1 aliphatic heterocycles. The Morgan fingerprint density at radius 2 is 2.15 bits per heavy atom. The van der Waals surface area contributed by atoms with E-state index in [1.165, 1.54) is 6.42 Å². The van der Waals surface area contributed by atoms with Gasteiger partial charge < -0.3 is 10.1 Å². The minimum absolute atomic E-state index is 0.665. The molecular formula is C16H24N2OS. The van der Waals surface area contributed by atoms with Crippen LogP contribution in [0, 0.1) is 5.92 Å². The Labute approximate surface area is 126 Å². The van der Waals surface area contributed by atoms with Gasteiger partial charge in [0.25, 0.3) is 0 Å². The number of nitrogens with zero attached hydrogens (tertiary/aromatic N) is 1. The lowest BCUT2D eigenvalue weighted by atomic mass is 10.1. The predicted octanol–water partition coefficient (Wildman–Crippen LogP) is 3.56. The summed E-state index contributed by atoms with van der Waals surface area (Å²) in [5.41, 5.74) is 0. The van der Waals surface area contributed by atoms with Gasteiger partial charge in [-0.15, -0.1) is 0 Å². The van der Waals surface area contributed by atoms with Crippen LogP contribution in [0.1, 0.15) is 26.7 Å². The van der Waals surface area contributed by atoms with Gasteiger partial charge >= 0.3 is 0 Å². The Morgan fingerprint density at radius 3 is 2.90 bits per heavy atom. The molecule has 20 heavy (non-hydrogen) atoms. The van der Waals surface area contributed by atoms with E-state index >= 15 is 0 Å². The van der Waals surface area contributed by atoms with Crippen molar-refractivity contribution >= 4 is 16.9 Å². The molecule has 1 aliphatic rings. The van der Waals surface area contributed by atoms with Crippen molar-refractivity contribution < 1.29 is 4.74 Å². The fraction of sp³-hybridized carbons (Fsp3) is 0.562. The number of aliphatic imine (C=N–C) groups is 1. The number of nitrogens with one attached hydrogen (secondary N) is 1. The second-order valence-electron chi connectivity index (χ2n) is 5.46. The molecule has 110 valence electrons. The van der Waals surface area contributed by atoms with Crippen LogP contribution in [0.4, 0.5) is 0 Å². The Balaban J connectivity index is 1.54. The van der Waals surface area contributed by atoms with Gasteiger partial charge in [0.15, 0.2) is 5.17 Å². The molecule has 1 aromatic rings. The van der Waals surface area contributed by atoms with Crippen molar-refractivity contribution in [3.63, 3.8) is 0 Å². The fourth-order valence-electron chi connectivity index (χ4n) is 2.14. The maximum Gasteiger partial charge on any atom is 0.156 e. The van der Waals surface area contributed by atoms with E-state index in [0.29, 0.717) is 5.25 Å². The topological polar surface area (TPSA) is 33.6 Å². The van der Waals surface area contributed by atoms with Crippen LogP contribution >= 0.6 is 11.8 Å². The number of ether oxygens (including phenoxy) is 1. The molecule has 1 atom stereocenters. The molecule has 4 heteroatoms. The largest absolute Gasteiger partial charge is 0.494 e. The lowest BCUT2D eigenvalue weighted by Gasteiger charge is -2.11. The van der Waals surface area contributed by atoms with E-state index in [1.807, 2.05) is 42.1 Å². The third-order valence-corrected chi connectivity index (χ3v) is 4.23. The van der Waals surface area contributed by atoms with Crippen molar-refractivity contribution in [3.05, 3.63) is 30.3 Å². The average molecular weight is 292 g/mol. The van der Waals surface area contributed by atoms with Crippen LogP contribution in [0.2, 0.25) is 0 Å². The summed E-state index contributed by atoms with van der Waals surface area (Å²) in [6.07, 6.45) is 2.24. The number of rotatable bonds is 7. The van der Waals surface area contributed by atoms with Crippen molar-refractivity contribution in [3.8, 4) is 5.75 Å². The van der Waals surface area contributed by atoms with Crippen molar-refractivity contribution in [2.45, 2.75) is 31.9 Å². The Kier molecular flexibility index (Phi) is 6.25. The summed E-state index contributed by atoms with van der Waals surface area (Å²) < 4.78 is 5.66. The first-order valence-corrected chi connectivity index (χ1v) is 8.25. The summed E-state index contributed by atoms with van der Waals surface area (Å²) in [5.74, 6) is 1.69. The van der Waals surface area contributed by atoms with Gasteiger partial charge in [-0.3, -0.25) is 4.99 Å². The Bertz CT molecular complexity index is 420. The second-order valence-corrected chi connectivity index (χ2v) is 6.75. The summed E-state index contributed by atoms with van der Waals surface area (Å²) in [7, 11) is 0. The number of hydrogen-bond donors (Lipinski definition) is 1. The van der Waals surface area contributed by atoms with Crippen LogP contribution in [0.5, 0.6) is 5.75 Å². The van der Waals surface area contributed by atoms with E-state index in [1.54, 1.807) is 0 Å². The molecule has 0 spiro atoms. The highest BCUT2D eigenvalue weighted by molar-refractivity contribution is 8.14. The average Bonchev–Trinajstić information content (AvgIpc) is 2.86. The molecule has 0 aliphatic carbocycles. The molecular weight excluding hydrogens is 268 g/mol. The smallest absolute Gasteiger partial charge is 0.156 e. The first kappa shape index (κ1) is 15.2. The van der Waals surface area contributed by atoms with E-state index in [2.05, 4.69) is 24.2 Å². The summed E-state index contributed by atoms with van der Waals surface area (Å²) in [6, 6.07) is 9.96. The van der Waals surface area contributed by atoms with Gasteiger partial charge in [0, 0.05) is 11.8 Å². The molecule has 0 aromatic heterocycles. The summed E-state index contributed by atoms with van der Waals surface area (Å²) in [4.78, 5) is 4.55. The van der Waals surface area contributed by atoms with Gasteiger partial charge in [-0.05, 0) is 30.9 Å². The molecule has 2 rings (SSSR count). The van der Waals surface area contributed by atoms with Crippen LogP contribution in [-0.4, -0.2) is 30.1 Å². The monoisotopic (exact) mass is 292 g/mol. The van der Waals surface area contributed by atoms with Crippen LogP contribution in [0.15, 0.2) is 35.3 Å². The Hall–Kier alpha value is -1.16. The maximum atomic E-state index is 5.66.